The van der Waals surface area contributed by atoms with Crippen LogP contribution in [-0.2, 0) is 4.79 Å². The number of amides is 1. The van der Waals surface area contributed by atoms with Crippen molar-refractivity contribution in [3.05, 3.63) is 33.9 Å². The summed E-state index contributed by atoms with van der Waals surface area (Å²) < 4.78 is 0. The molecule has 0 spiro atoms. The molecule has 5 heteroatoms. The fourth-order valence-electron chi connectivity index (χ4n) is 2.73. The van der Waals surface area contributed by atoms with Gasteiger partial charge in [-0.05, 0) is 17.9 Å². The van der Waals surface area contributed by atoms with Crippen molar-refractivity contribution in [3.63, 3.8) is 0 Å². The van der Waals surface area contributed by atoms with Gasteiger partial charge in [0.1, 0.15) is 5.69 Å². The highest BCUT2D eigenvalue weighted by Gasteiger charge is 2.35. The van der Waals surface area contributed by atoms with Gasteiger partial charge in [-0.25, -0.2) is 0 Å². The molecule has 0 aromatic heterocycles. The molecule has 1 amide bonds. The Kier molecular flexibility index (Phi) is 3.83. The standard InChI is InChI=1S/C14H18N2O3/c1-3-5-9(2)8-11-10-6-4-7-12(16(18)19)13(10)15-14(11)17/h4,6-7,9,11H,3,5,8H2,1-2H3,(H,15,17). The fourth-order valence-corrected chi connectivity index (χ4v) is 2.73. The van der Waals surface area contributed by atoms with Crippen LogP contribution in [0.15, 0.2) is 18.2 Å². The number of nitro benzene ring substituents is 1. The van der Waals surface area contributed by atoms with Crippen molar-refractivity contribution in [2.24, 2.45) is 5.92 Å². The monoisotopic (exact) mass is 262 g/mol. The quantitative estimate of drug-likeness (QED) is 0.652. The van der Waals surface area contributed by atoms with E-state index in [1.807, 2.05) is 6.07 Å². The first-order chi connectivity index (χ1) is 9.04. The largest absolute Gasteiger partial charge is 0.320 e. The number of rotatable bonds is 5. The molecule has 1 heterocycles. The smallest absolute Gasteiger partial charge is 0.293 e. The molecule has 1 N–H and O–H groups in total. The molecule has 1 aliphatic heterocycles. The van der Waals surface area contributed by atoms with Crippen molar-refractivity contribution < 1.29 is 9.72 Å². The highest BCUT2D eigenvalue weighted by Crippen LogP contribution is 2.41. The van der Waals surface area contributed by atoms with Crippen molar-refractivity contribution in [1.29, 1.82) is 0 Å². The van der Waals surface area contributed by atoms with Crippen LogP contribution < -0.4 is 5.32 Å². The number of hydrogen-bond acceptors (Lipinski definition) is 3. The van der Waals surface area contributed by atoms with Crippen LogP contribution in [-0.4, -0.2) is 10.8 Å². The van der Waals surface area contributed by atoms with Gasteiger partial charge in [-0.3, -0.25) is 14.9 Å². The van der Waals surface area contributed by atoms with Crippen LogP contribution >= 0.6 is 0 Å². The average Bonchev–Trinajstić information content (AvgIpc) is 2.66. The number of nitro groups is 1. The second kappa shape index (κ2) is 5.38. The highest BCUT2D eigenvalue weighted by molar-refractivity contribution is 6.05. The molecular weight excluding hydrogens is 244 g/mol. The molecule has 102 valence electrons. The van der Waals surface area contributed by atoms with E-state index in [1.165, 1.54) is 6.07 Å². The maximum Gasteiger partial charge on any atom is 0.293 e. The summed E-state index contributed by atoms with van der Waals surface area (Å²) in [4.78, 5) is 22.5. The van der Waals surface area contributed by atoms with E-state index in [9.17, 15) is 14.9 Å². The van der Waals surface area contributed by atoms with Gasteiger partial charge in [0.15, 0.2) is 0 Å². The van der Waals surface area contributed by atoms with Gasteiger partial charge in [-0.15, -0.1) is 0 Å². The number of para-hydroxylation sites is 1. The van der Waals surface area contributed by atoms with Gasteiger partial charge >= 0.3 is 0 Å². The Morgan fingerprint density at radius 3 is 2.84 bits per heavy atom. The third kappa shape index (κ3) is 2.59. The molecule has 1 aromatic rings. The molecular formula is C14H18N2O3. The minimum atomic E-state index is -0.447. The highest BCUT2D eigenvalue weighted by atomic mass is 16.6. The second-order valence-corrected chi connectivity index (χ2v) is 5.17. The van der Waals surface area contributed by atoms with Crippen LogP contribution in [0.3, 0.4) is 0 Å². The number of anilines is 1. The van der Waals surface area contributed by atoms with E-state index < -0.39 is 4.92 Å². The van der Waals surface area contributed by atoms with Crippen LogP contribution in [0.5, 0.6) is 0 Å². The lowest BCUT2D eigenvalue weighted by atomic mass is 9.88. The first kappa shape index (κ1) is 13.5. The zero-order valence-corrected chi connectivity index (χ0v) is 11.2. The Bertz CT molecular complexity index is 513. The minimum Gasteiger partial charge on any atom is -0.320 e. The summed E-state index contributed by atoms with van der Waals surface area (Å²) in [6, 6.07) is 4.88. The third-order valence-electron chi connectivity index (χ3n) is 3.63. The van der Waals surface area contributed by atoms with Crippen molar-refractivity contribution in [3.8, 4) is 0 Å². The lowest BCUT2D eigenvalue weighted by molar-refractivity contribution is -0.383. The maximum absolute atomic E-state index is 12.0. The predicted molar refractivity (Wildman–Crippen MR) is 73.2 cm³/mol. The molecule has 0 aliphatic carbocycles. The summed E-state index contributed by atoms with van der Waals surface area (Å²) in [6.07, 6.45) is 2.89. The molecule has 2 rings (SSSR count). The molecule has 0 fully saturated rings. The molecule has 5 nitrogen and oxygen atoms in total. The Hall–Kier alpha value is -1.91. The van der Waals surface area contributed by atoms with Gasteiger partial charge in [0.2, 0.25) is 5.91 Å². The van der Waals surface area contributed by atoms with Gasteiger partial charge in [0, 0.05) is 6.07 Å². The number of nitrogens with zero attached hydrogens (tertiary/aromatic N) is 1. The number of fused-ring (bicyclic) bond motifs is 1. The van der Waals surface area contributed by atoms with E-state index in [-0.39, 0.29) is 17.5 Å². The van der Waals surface area contributed by atoms with E-state index in [1.54, 1.807) is 6.07 Å². The summed E-state index contributed by atoms with van der Waals surface area (Å²) in [6.45, 7) is 4.23. The van der Waals surface area contributed by atoms with Gasteiger partial charge in [-0.1, -0.05) is 38.8 Å². The SMILES string of the molecule is CCCC(C)CC1C(=O)Nc2c1cccc2[N+](=O)[O-]. The lowest BCUT2D eigenvalue weighted by Gasteiger charge is -2.14. The molecule has 0 saturated carbocycles. The van der Waals surface area contributed by atoms with Gasteiger partial charge in [0.25, 0.3) is 5.69 Å². The first-order valence-electron chi connectivity index (χ1n) is 6.62. The van der Waals surface area contributed by atoms with Crippen LogP contribution in [0.2, 0.25) is 0 Å². The van der Waals surface area contributed by atoms with Crippen molar-refractivity contribution in [2.45, 2.75) is 39.0 Å². The summed E-state index contributed by atoms with van der Waals surface area (Å²) >= 11 is 0. The average molecular weight is 262 g/mol. The number of benzene rings is 1. The van der Waals surface area contributed by atoms with E-state index in [4.69, 9.17) is 0 Å². The molecule has 1 aromatic carbocycles. The van der Waals surface area contributed by atoms with Crippen molar-refractivity contribution >= 4 is 17.3 Å². The number of carbonyl (C=O) groups excluding carboxylic acids is 1. The molecule has 0 radical (unpaired) electrons. The van der Waals surface area contributed by atoms with E-state index in [2.05, 4.69) is 19.2 Å². The topological polar surface area (TPSA) is 72.2 Å². The predicted octanol–water partition coefficient (Wildman–Crippen LogP) is 3.46. The first-order valence-corrected chi connectivity index (χ1v) is 6.62. The molecule has 1 aliphatic rings. The van der Waals surface area contributed by atoms with Crippen LogP contribution in [0.1, 0.15) is 44.6 Å². The van der Waals surface area contributed by atoms with Crippen molar-refractivity contribution in [2.75, 3.05) is 5.32 Å². The van der Waals surface area contributed by atoms with Gasteiger partial charge < -0.3 is 5.32 Å². The van der Waals surface area contributed by atoms with E-state index in [0.717, 1.165) is 24.8 Å². The third-order valence-corrected chi connectivity index (χ3v) is 3.63. The van der Waals surface area contributed by atoms with Gasteiger partial charge in [-0.2, -0.15) is 0 Å². The molecule has 2 atom stereocenters. The lowest BCUT2D eigenvalue weighted by Crippen LogP contribution is -2.14. The van der Waals surface area contributed by atoms with Gasteiger partial charge in [0.05, 0.1) is 10.8 Å². The summed E-state index contributed by atoms with van der Waals surface area (Å²) in [7, 11) is 0. The zero-order valence-electron chi connectivity index (χ0n) is 11.2. The second-order valence-electron chi connectivity index (χ2n) is 5.17. The summed E-state index contributed by atoms with van der Waals surface area (Å²) in [5.41, 5.74) is 1.13. The fraction of sp³-hybridized carbons (Fsp3) is 0.500. The van der Waals surface area contributed by atoms with E-state index in [0.29, 0.717) is 11.6 Å². The minimum absolute atomic E-state index is 0.0171. The normalized spacial score (nSPS) is 18.8. The van der Waals surface area contributed by atoms with E-state index >= 15 is 0 Å². The number of nitrogens with one attached hydrogen (secondary N) is 1. The molecule has 19 heavy (non-hydrogen) atoms. The van der Waals surface area contributed by atoms with Crippen LogP contribution in [0.4, 0.5) is 11.4 Å². The number of hydrogen-bond donors (Lipinski definition) is 1. The van der Waals surface area contributed by atoms with Crippen LogP contribution in [0.25, 0.3) is 0 Å². The maximum atomic E-state index is 12.0. The molecule has 0 bridgehead atoms. The Morgan fingerprint density at radius 2 is 2.21 bits per heavy atom. The Labute approximate surface area is 112 Å². The Morgan fingerprint density at radius 1 is 1.47 bits per heavy atom. The van der Waals surface area contributed by atoms with Crippen LogP contribution in [0, 0.1) is 16.0 Å². The molecule has 2 unspecified atom stereocenters. The summed E-state index contributed by atoms with van der Waals surface area (Å²) in [5, 5.41) is 13.6. The Balaban J connectivity index is 2.29. The van der Waals surface area contributed by atoms with Crippen molar-refractivity contribution in [1.82, 2.24) is 0 Å². The summed E-state index contributed by atoms with van der Waals surface area (Å²) in [5.74, 6) is 0.0645. The number of carbonyl (C=O) groups is 1. The molecule has 0 saturated heterocycles. The zero-order chi connectivity index (χ0) is 14.0.